The normalized spacial score (nSPS) is 34.7. The number of para-hydroxylation sites is 2. The molecule has 32 heteroatoms. The van der Waals surface area contributed by atoms with E-state index in [1.807, 2.05) is 6.92 Å². The molecule has 98 heavy (non-hydrogen) atoms. The summed E-state index contributed by atoms with van der Waals surface area (Å²) in [5.41, 5.74) is -0.723. The van der Waals surface area contributed by atoms with Crippen LogP contribution >= 0.6 is 0 Å². The lowest BCUT2D eigenvalue weighted by atomic mass is 9.80. The summed E-state index contributed by atoms with van der Waals surface area (Å²) in [5, 5.41) is 113. The van der Waals surface area contributed by atoms with Crippen molar-refractivity contribution < 1.29 is 121 Å². The predicted octanol–water partition coefficient (Wildman–Crippen LogP) is -2.92. The van der Waals surface area contributed by atoms with Crippen molar-refractivity contribution in [3.05, 3.63) is 92.6 Å². The van der Waals surface area contributed by atoms with E-state index < -0.39 is 208 Å². The van der Waals surface area contributed by atoms with E-state index in [-0.39, 0.29) is 62.2 Å². The van der Waals surface area contributed by atoms with Crippen LogP contribution in [0.1, 0.15) is 83.8 Å². The third-order valence-electron chi connectivity index (χ3n) is 18.9. The maximum absolute atomic E-state index is 14.6. The number of nitrogens with zero attached hydrogens (tertiary/aromatic N) is 1. The number of hydrogen-bond donors (Lipinski definition) is 13. The molecule has 32 nitrogen and oxygen atoms in total. The minimum atomic E-state index is -1.86. The second kappa shape index (κ2) is 33.3. The van der Waals surface area contributed by atoms with Gasteiger partial charge in [-0.2, -0.15) is 0 Å². The summed E-state index contributed by atoms with van der Waals surface area (Å²) < 4.78 is 66.7. The van der Waals surface area contributed by atoms with Gasteiger partial charge < -0.3 is 124 Å². The molecule has 13 N–H and O–H groups in total. The first-order valence-corrected chi connectivity index (χ1v) is 33.2. The van der Waals surface area contributed by atoms with Crippen LogP contribution in [0.15, 0.2) is 79.1 Å². The molecular weight excluding hydrogens is 1290 g/mol. The molecule has 2 aliphatic carbocycles. The van der Waals surface area contributed by atoms with Gasteiger partial charge in [0.05, 0.1) is 68.0 Å². The Morgan fingerprint density at radius 1 is 0.582 bits per heavy atom. The SMILES string of the molecule is CCC[C@H](OC1C(NC(C)=O)[C@H](O[C@@H]2CC(C(=O)NCCNC(=O)C3CC(OCc4cc5ccccc5oc4=O)C(O)[C@H](O[C@@H]4OC(CO)[C@H](O)C(OCc5cc6ccccc6oc5=O)C4O)C3)CC(NC(C)=O)C2O[C@@H]2OC(C)[C@@H](O)C(O)C2O)OC(CO)[C@@H]1O)C(=O)N1CCC1. The number of rotatable bonds is 26. The van der Waals surface area contributed by atoms with E-state index in [0.29, 0.717) is 41.4 Å². The van der Waals surface area contributed by atoms with Crippen LogP contribution in [0.4, 0.5) is 0 Å². The number of hydrogen-bond acceptors (Lipinski definition) is 27. The van der Waals surface area contributed by atoms with Crippen molar-refractivity contribution in [2.45, 2.75) is 221 Å². The Morgan fingerprint density at radius 3 is 1.68 bits per heavy atom. The number of likely N-dealkylation sites (tertiary alicyclic amines) is 1. The molecule has 24 atom stereocenters. The van der Waals surface area contributed by atoms with Crippen LogP contribution in [-0.2, 0) is 79.8 Å². The predicted molar refractivity (Wildman–Crippen MR) is 336 cm³/mol. The van der Waals surface area contributed by atoms with Crippen molar-refractivity contribution in [1.82, 2.24) is 26.2 Å². The first kappa shape index (κ1) is 74.2. The third kappa shape index (κ3) is 17.3. The van der Waals surface area contributed by atoms with Crippen molar-refractivity contribution in [3.63, 3.8) is 0 Å². The molecule has 4 aromatic rings. The maximum atomic E-state index is 14.6. The number of nitrogens with one attached hydrogen (secondary N) is 4. The topological polar surface area (TPSA) is 462 Å². The molecule has 10 rings (SSSR count). The van der Waals surface area contributed by atoms with Crippen LogP contribution in [0.25, 0.3) is 21.9 Å². The summed E-state index contributed by atoms with van der Waals surface area (Å²) in [5.74, 6) is -5.01. The van der Waals surface area contributed by atoms with Gasteiger partial charge in [-0.25, -0.2) is 9.59 Å². The Morgan fingerprint density at radius 2 is 1.11 bits per heavy atom. The maximum Gasteiger partial charge on any atom is 0.341 e. The zero-order valence-corrected chi connectivity index (χ0v) is 54.6. The number of amides is 5. The Hall–Kier alpha value is -6.51. The Kier molecular flexibility index (Phi) is 25.2. The molecule has 0 spiro atoms. The van der Waals surface area contributed by atoms with E-state index in [1.165, 1.54) is 26.8 Å². The zero-order chi connectivity index (χ0) is 70.2. The molecule has 5 amide bonds. The van der Waals surface area contributed by atoms with Crippen LogP contribution in [0.5, 0.6) is 0 Å². The highest BCUT2D eigenvalue weighted by Crippen LogP contribution is 2.38. The van der Waals surface area contributed by atoms with E-state index in [1.54, 1.807) is 59.5 Å². The van der Waals surface area contributed by atoms with Crippen molar-refractivity contribution in [3.8, 4) is 0 Å². The van der Waals surface area contributed by atoms with E-state index >= 15 is 0 Å². The highest BCUT2D eigenvalue weighted by atomic mass is 16.7. The van der Waals surface area contributed by atoms with Crippen LogP contribution < -0.4 is 32.5 Å². The van der Waals surface area contributed by atoms with Crippen LogP contribution in [-0.4, -0.2) is 255 Å². The lowest BCUT2D eigenvalue weighted by Crippen LogP contribution is -2.68. The van der Waals surface area contributed by atoms with Crippen molar-refractivity contribution in [2.75, 3.05) is 39.4 Å². The minimum absolute atomic E-state index is 0.0411. The van der Waals surface area contributed by atoms with Crippen molar-refractivity contribution in [1.29, 1.82) is 0 Å². The Labute approximate surface area is 561 Å². The van der Waals surface area contributed by atoms with E-state index in [0.717, 1.165) is 6.42 Å². The molecule has 2 aromatic heterocycles. The van der Waals surface area contributed by atoms with Crippen LogP contribution in [0, 0.1) is 11.8 Å². The van der Waals surface area contributed by atoms with Gasteiger partial charge in [0.2, 0.25) is 23.6 Å². The number of ether oxygens (including phenoxy) is 9. The van der Waals surface area contributed by atoms with Gasteiger partial charge in [-0.1, -0.05) is 49.7 Å². The Bertz CT molecular complexity index is 3500. The molecular formula is C66H89N5O27. The van der Waals surface area contributed by atoms with E-state index in [2.05, 4.69) is 21.3 Å². The summed E-state index contributed by atoms with van der Waals surface area (Å²) >= 11 is 0. The summed E-state index contributed by atoms with van der Waals surface area (Å²) in [6, 6.07) is 14.0. The number of aliphatic hydroxyl groups is 9. The fourth-order valence-corrected chi connectivity index (χ4v) is 13.5. The Balaban J connectivity index is 0.855. The van der Waals surface area contributed by atoms with E-state index in [9.17, 15) is 79.5 Å². The summed E-state index contributed by atoms with van der Waals surface area (Å²) in [6.07, 6.45) is -30.0. The highest BCUT2D eigenvalue weighted by molar-refractivity contribution is 5.82. The van der Waals surface area contributed by atoms with Gasteiger partial charge in [0.1, 0.15) is 96.6 Å². The molecule has 15 unspecified atom stereocenters. The summed E-state index contributed by atoms with van der Waals surface area (Å²) in [6.45, 7) is 3.67. The molecule has 2 aromatic carbocycles. The standard InChI is InChI=1S/C66H89N5O27/c1-5-11-42(61(85)71-18-10-19-71)91-57-48(70-32(4)75)64(96-46(26-72)51(57)78)95-45-25-35(22-39(69-31(3)74)56(45)98-65-54(81)53(80)49(76)30(2)90-65)59(83)67-16-17-68-60(84)36-23-43(88-28-37-20-33-12-6-8-14-40(33)92-62(37)86)50(77)44(24-36)94-66-55(82)58(52(79)47(27-73)97-66)89-29-38-21-34-13-7-9-15-41(34)93-63(38)87/h6-9,12-15,20-21,30,35-36,39,42-58,64-66,72-73,76-82H,5,10-11,16-19,22-29H2,1-4H3,(H,67,83)(H,68,84)(H,69,74)(H,70,75)/t30?,35?,36?,39?,42-,43?,44+,45+,46?,47?,48?,49+,50?,51-,52-,53?,54?,55?,56?,57?,58?,64+,65-,66+/m0/s1. The fraction of sp³-hybridized carbons (Fsp3) is 0.652. The third-order valence-corrected chi connectivity index (χ3v) is 18.9. The smallest absolute Gasteiger partial charge is 0.341 e. The first-order valence-electron chi connectivity index (χ1n) is 33.2. The van der Waals surface area contributed by atoms with Crippen molar-refractivity contribution >= 4 is 51.5 Å². The number of fused-ring (bicyclic) bond motifs is 2. The van der Waals surface area contributed by atoms with Gasteiger partial charge in [0, 0.05) is 62.6 Å². The second-order valence-corrected chi connectivity index (χ2v) is 25.9. The van der Waals surface area contributed by atoms with E-state index in [4.69, 9.17) is 51.5 Å². The quantitative estimate of drug-likeness (QED) is 0.0221. The largest absolute Gasteiger partial charge is 0.422 e. The number of carbonyl (C=O) groups excluding carboxylic acids is 5. The number of benzene rings is 2. The van der Waals surface area contributed by atoms with Gasteiger partial charge in [0.25, 0.3) is 5.91 Å². The number of carbonyl (C=O) groups is 5. The molecule has 6 heterocycles. The molecule has 4 saturated heterocycles. The van der Waals surface area contributed by atoms with Gasteiger partial charge >= 0.3 is 11.3 Å². The average Bonchev–Trinajstić information content (AvgIpc) is 0.776. The lowest BCUT2D eigenvalue weighted by Gasteiger charge is -2.49. The minimum Gasteiger partial charge on any atom is -0.422 e. The van der Waals surface area contributed by atoms with Crippen LogP contribution in [0.2, 0.25) is 0 Å². The average molecular weight is 1380 g/mol. The highest BCUT2D eigenvalue weighted by Gasteiger charge is 2.55. The van der Waals surface area contributed by atoms with Gasteiger partial charge in [-0.15, -0.1) is 0 Å². The fourth-order valence-electron chi connectivity index (χ4n) is 13.5. The molecule has 6 aliphatic rings. The van der Waals surface area contributed by atoms with Gasteiger partial charge in [0.15, 0.2) is 18.9 Å². The summed E-state index contributed by atoms with van der Waals surface area (Å²) in [7, 11) is 0. The van der Waals surface area contributed by atoms with Gasteiger partial charge in [-0.3, -0.25) is 24.0 Å². The number of aliphatic hydroxyl groups excluding tert-OH is 9. The second-order valence-electron chi connectivity index (χ2n) is 25.9. The van der Waals surface area contributed by atoms with Crippen LogP contribution in [0.3, 0.4) is 0 Å². The van der Waals surface area contributed by atoms with Gasteiger partial charge in [-0.05, 0) is 69.7 Å². The molecule has 6 fully saturated rings. The zero-order valence-electron chi connectivity index (χ0n) is 54.6. The molecule has 540 valence electrons. The first-order chi connectivity index (χ1) is 46.9. The molecule has 0 radical (unpaired) electrons. The van der Waals surface area contributed by atoms with Crippen molar-refractivity contribution in [2.24, 2.45) is 11.8 Å². The molecule has 4 aliphatic heterocycles. The monoisotopic (exact) mass is 1380 g/mol. The molecule has 2 saturated carbocycles. The molecule has 0 bridgehead atoms. The summed E-state index contributed by atoms with van der Waals surface area (Å²) in [4.78, 5) is 96.5. The lowest BCUT2D eigenvalue weighted by molar-refractivity contribution is -0.335.